The number of hydrogen-bond donors (Lipinski definition) is 3. The summed E-state index contributed by atoms with van der Waals surface area (Å²) in [5.41, 5.74) is 9.49. The molecule has 0 spiro atoms. The van der Waals surface area contributed by atoms with E-state index in [0.717, 1.165) is 42.6 Å². The average molecular weight is 384 g/mol. The Morgan fingerprint density at radius 2 is 1.89 bits per heavy atom. The number of hydrogen-bond acceptors (Lipinski definition) is 6. The first-order chi connectivity index (χ1) is 13.6. The average Bonchev–Trinajstić information content (AvgIpc) is 3.12. The largest absolute Gasteiger partial charge is 0.399 e. The van der Waals surface area contributed by atoms with Crippen LogP contribution in [0, 0.1) is 0 Å². The zero-order valence-corrected chi connectivity index (χ0v) is 15.9. The quantitative estimate of drug-likeness (QED) is 0.686. The molecule has 150 valence electrons. The van der Waals surface area contributed by atoms with Crippen LogP contribution in [0.1, 0.15) is 41.9 Å². The van der Waals surface area contributed by atoms with Gasteiger partial charge in [0.15, 0.2) is 6.29 Å². The van der Waals surface area contributed by atoms with Gasteiger partial charge in [0.1, 0.15) is 0 Å². The molecule has 2 aliphatic rings. The Balaban J connectivity index is 1.54. The van der Waals surface area contributed by atoms with Gasteiger partial charge in [-0.15, -0.1) is 0 Å². The maximum Gasteiger partial charge on any atom is 0.185 e. The lowest BCUT2D eigenvalue weighted by molar-refractivity contribution is -0.252. The lowest BCUT2D eigenvalue weighted by Gasteiger charge is -2.37. The molecule has 0 bridgehead atoms. The highest BCUT2D eigenvalue weighted by Gasteiger charge is 2.34. The van der Waals surface area contributed by atoms with E-state index in [1.807, 2.05) is 48.5 Å². The van der Waals surface area contributed by atoms with Crippen molar-refractivity contribution in [3.8, 4) is 0 Å². The molecule has 0 aliphatic carbocycles. The molecule has 0 radical (unpaired) electrons. The number of benzene rings is 2. The first-order valence-corrected chi connectivity index (χ1v) is 9.87. The van der Waals surface area contributed by atoms with Gasteiger partial charge >= 0.3 is 0 Å². The molecule has 2 aromatic carbocycles. The fraction of sp³-hybridized carbons (Fsp3) is 0.455. The number of aliphatic hydroxyl groups excluding tert-OH is 2. The van der Waals surface area contributed by atoms with Crippen molar-refractivity contribution in [1.82, 2.24) is 4.90 Å². The molecule has 0 unspecified atom stereocenters. The third kappa shape index (κ3) is 4.54. The van der Waals surface area contributed by atoms with Gasteiger partial charge in [0.25, 0.3) is 0 Å². The standard InChI is InChI=1S/C22H28N2O4/c23-18-3-1-2-17(10-18)22-27-20(13-24-9-8-19(26)12-24)11-21(28-22)16-6-4-15(14-25)5-7-16/h1-7,10,19-22,25-26H,8-9,11-14,23H2/t19-,20+,21-,22-/m0/s1. The number of ether oxygens (including phenoxy) is 2. The summed E-state index contributed by atoms with van der Waals surface area (Å²) in [6, 6.07) is 15.5. The van der Waals surface area contributed by atoms with Gasteiger partial charge in [-0.2, -0.15) is 0 Å². The number of aliphatic hydroxyl groups is 2. The molecule has 6 nitrogen and oxygen atoms in total. The van der Waals surface area contributed by atoms with Crippen molar-refractivity contribution in [2.45, 2.75) is 44.1 Å². The van der Waals surface area contributed by atoms with Crippen molar-refractivity contribution in [3.63, 3.8) is 0 Å². The third-order valence-corrected chi connectivity index (χ3v) is 5.51. The minimum atomic E-state index is -0.489. The fourth-order valence-corrected chi connectivity index (χ4v) is 4.00. The summed E-state index contributed by atoms with van der Waals surface area (Å²) >= 11 is 0. The Hall–Kier alpha value is -1.96. The fourth-order valence-electron chi connectivity index (χ4n) is 4.00. The molecule has 0 saturated carbocycles. The van der Waals surface area contributed by atoms with Crippen molar-refractivity contribution in [3.05, 3.63) is 65.2 Å². The monoisotopic (exact) mass is 384 g/mol. The Kier molecular flexibility index (Phi) is 5.94. The van der Waals surface area contributed by atoms with Crippen LogP contribution in [0.4, 0.5) is 5.69 Å². The van der Waals surface area contributed by atoms with Crippen molar-refractivity contribution in [2.24, 2.45) is 0 Å². The zero-order valence-electron chi connectivity index (χ0n) is 15.9. The normalized spacial score (nSPS) is 28.5. The molecule has 4 rings (SSSR count). The number of nitrogens with two attached hydrogens (primary N) is 1. The Morgan fingerprint density at radius 1 is 1.07 bits per heavy atom. The van der Waals surface area contributed by atoms with Crippen LogP contribution >= 0.6 is 0 Å². The summed E-state index contributed by atoms with van der Waals surface area (Å²) in [5, 5.41) is 19.1. The molecule has 2 aromatic rings. The van der Waals surface area contributed by atoms with Crippen molar-refractivity contribution in [1.29, 1.82) is 0 Å². The maximum absolute atomic E-state index is 9.83. The van der Waals surface area contributed by atoms with E-state index in [0.29, 0.717) is 12.2 Å². The summed E-state index contributed by atoms with van der Waals surface area (Å²) in [4.78, 5) is 2.25. The van der Waals surface area contributed by atoms with Gasteiger partial charge in [-0.25, -0.2) is 0 Å². The molecule has 2 heterocycles. The summed E-state index contributed by atoms with van der Waals surface area (Å²) in [6.07, 6.45) is 0.708. The van der Waals surface area contributed by atoms with Gasteiger partial charge in [-0.1, -0.05) is 36.4 Å². The van der Waals surface area contributed by atoms with Gasteiger partial charge in [-0.3, -0.25) is 4.90 Å². The van der Waals surface area contributed by atoms with Gasteiger partial charge in [0.2, 0.25) is 0 Å². The van der Waals surface area contributed by atoms with E-state index in [1.165, 1.54) is 0 Å². The van der Waals surface area contributed by atoms with E-state index in [2.05, 4.69) is 4.90 Å². The molecule has 6 heteroatoms. The summed E-state index contributed by atoms with van der Waals surface area (Å²) in [5.74, 6) is 0. The van der Waals surface area contributed by atoms with E-state index in [1.54, 1.807) is 0 Å². The maximum atomic E-state index is 9.83. The molecule has 2 fully saturated rings. The van der Waals surface area contributed by atoms with Crippen LogP contribution in [0.3, 0.4) is 0 Å². The topological polar surface area (TPSA) is 88.2 Å². The van der Waals surface area contributed by atoms with Gasteiger partial charge in [0, 0.05) is 37.3 Å². The number of rotatable bonds is 5. The number of β-amino-alcohol motifs (C(OH)–C–C–N with tert-alkyl or cyclic N) is 1. The third-order valence-electron chi connectivity index (χ3n) is 5.51. The van der Waals surface area contributed by atoms with E-state index in [-0.39, 0.29) is 24.9 Å². The molecule has 0 amide bonds. The predicted molar refractivity (Wildman–Crippen MR) is 106 cm³/mol. The molecule has 2 aliphatic heterocycles. The molecule has 4 N–H and O–H groups in total. The Morgan fingerprint density at radius 3 is 2.57 bits per heavy atom. The van der Waals surface area contributed by atoms with Crippen molar-refractivity contribution in [2.75, 3.05) is 25.4 Å². The zero-order chi connectivity index (χ0) is 19.5. The smallest absolute Gasteiger partial charge is 0.185 e. The van der Waals surface area contributed by atoms with Crippen LogP contribution in [0.2, 0.25) is 0 Å². The highest BCUT2D eigenvalue weighted by Crippen LogP contribution is 2.38. The number of likely N-dealkylation sites (tertiary alicyclic amines) is 1. The van der Waals surface area contributed by atoms with E-state index < -0.39 is 6.29 Å². The first kappa shape index (κ1) is 19.4. The van der Waals surface area contributed by atoms with Crippen LogP contribution in [-0.2, 0) is 16.1 Å². The lowest BCUT2D eigenvalue weighted by atomic mass is 9.99. The van der Waals surface area contributed by atoms with Crippen LogP contribution < -0.4 is 5.73 Å². The van der Waals surface area contributed by atoms with Gasteiger partial charge in [-0.05, 0) is 29.7 Å². The van der Waals surface area contributed by atoms with Crippen molar-refractivity contribution < 1.29 is 19.7 Å². The minimum Gasteiger partial charge on any atom is -0.399 e. The molecule has 0 aromatic heterocycles. The molecule has 28 heavy (non-hydrogen) atoms. The molecule has 2 saturated heterocycles. The second-order valence-corrected chi connectivity index (χ2v) is 7.72. The highest BCUT2D eigenvalue weighted by atomic mass is 16.7. The predicted octanol–water partition coefficient (Wildman–Crippen LogP) is 2.37. The highest BCUT2D eigenvalue weighted by molar-refractivity contribution is 5.41. The Labute approximate surface area is 165 Å². The second-order valence-electron chi connectivity index (χ2n) is 7.72. The van der Waals surface area contributed by atoms with Crippen LogP contribution in [0.15, 0.2) is 48.5 Å². The molecular formula is C22H28N2O4. The van der Waals surface area contributed by atoms with Crippen LogP contribution in [-0.4, -0.2) is 47.0 Å². The van der Waals surface area contributed by atoms with Gasteiger partial charge in [0.05, 0.1) is 24.9 Å². The Bertz CT molecular complexity index is 782. The van der Waals surface area contributed by atoms with E-state index >= 15 is 0 Å². The molecular weight excluding hydrogens is 356 g/mol. The summed E-state index contributed by atoms with van der Waals surface area (Å²) in [6.45, 7) is 2.38. The van der Waals surface area contributed by atoms with E-state index in [9.17, 15) is 10.2 Å². The number of anilines is 1. The summed E-state index contributed by atoms with van der Waals surface area (Å²) < 4.78 is 12.6. The summed E-state index contributed by atoms with van der Waals surface area (Å²) in [7, 11) is 0. The van der Waals surface area contributed by atoms with Crippen molar-refractivity contribution >= 4 is 5.69 Å². The number of nitrogens with zero attached hydrogens (tertiary/aromatic N) is 1. The first-order valence-electron chi connectivity index (χ1n) is 9.87. The minimum absolute atomic E-state index is 0.00648. The lowest BCUT2D eigenvalue weighted by Crippen LogP contribution is -2.38. The second kappa shape index (κ2) is 8.59. The van der Waals surface area contributed by atoms with Gasteiger partial charge < -0.3 is 25.4 Å². The van der Waals surface area contributed by atoms with Crippen LogP contribution in [0.5, 0.6) is 0 Å². The molecule has 4 atom stereocenters. The van der Waals surface area contributed by atoms with Crippen LogP contribution in [0.25, 0.3) is 0 Å². The number of nitrogen functional groups attached to an aromatic ring is 1. The SMILES string of the molecule is Nc1cccc([C@H]2O[C@@H](CN3CC[C@H](O)C3)C[C@@H](c3ccc(CO)cc3)O2)c1. The van der Waals surface area contributed by atoms with E-state index in [4.69, 9.17) is 15.2 Å².